The summed E-state index contributed by atoms with van der Waals surface area (Å²) in [6.07, 6.45) is 7.97. The Morgan fingerprint density at radius 1 is 1.30 bits per heavy atom. The van der Waals surface area contributed by atoms with Crippen molar-refractivity contribution >= 4 is 5.91 Å². The van der Waals surface area contributed by atoms with Crippen molar-refractivity contribution < 1.29 is 14.3 Å². The summed E-state index contributed by atoms with van der Waals surface area (Å²) in [5.74, 6) is 2.13. The highest BCUT2D eigenvalue weighted by Gasteiger charge is 2.21. The van der Waals surface area contributed by atoms with Crippen LogP contribution in [0.3, 0.4) is 0 Å². The first-order chi connectivity index (χ1) is 14.6. The first kappa shape index (κ1) is 22.2. The van der Waals surface area contributed by atoms with Gasteiger partial charge in [-0.05, 0) is 50.8 Å². The fraction of sp³-hybridized carbons (Fsp3) is 0.565. The van der Waals surface area contributed by atoms with E-state index in [9.17, 15) is 4.79 Å². The number of amides is 1. The lowest BCUT2D eigenvalue weighted by atomic mass is 9.93. The van der Waals surface area contributed by atoms with Crippen LogP contribution in [0.15, 0.2) is 30.6 Å². The maximum Gasteiger partial charge on any atom is 0.220 e. The van der Waals surface area contributed by atoms with E-state index in [-0.39, 0.29) is 5.91 Å². The molecule has 0 aliphatic carbocycles. The number of nitrogens with zero attached hydrogens (tertiary/aromatic N) is 3. The van der Waals surface area contributed by atoms with E-state index in [4.69, 9.17) is 9.47 Å². The first-order valence-corrected chi connectivity index (χ1v) is 10.8. The largest absolute Gasteiger partial charge is 0.497 e. The minimum atomic E-state index is 0.0919. The summed E-state index contributed by atoms with van der Waals surface area (Å²) in [4.78, 5) is 14.9. The molecule has 1 N–H and O–H groups in total. The number of piperidine rings is 1. The van der Waals surface area contributed by atoms with Gasteiger partial charge < -0.3 is 14.8 Å². The van der Waals surface area contributed by atoms with Crippen LogP contribution in [0, 0.1) is 5.92 Å². The minimum Gasteiger partial charge on any atom is -0.497 e. The highest BCUT2D eigenvalue weighted by molar-refractivity contribution is 5.75. The van der Waals surface area contributed by atoms with Gasteiger partial charge in [0.2, 0.25) is 5.91 Å². The van der Waals surface area contributed by atoms with E-state index in [0.29, 0.717) is 18.9 Å². The minimum absolute atomic E-state index is 0.0919. The lowest BCUT2D eigenvalue weighted by Gasteiger charge is -2.32. The van der Waals surface area contributed by atoms with Crippen molar-refractivity contribution in [2.75, 3.05) is 27.3 Å². The Morgan fingerprint density at radius 3 is 2.90 bits per heavy atom. The van der Waals surface area contributed by atoms with Crippen molar-refractivity contribution in [3.05, 3.63) is 41.7 Å². The average molecular weight is 415 g/mol. The summed E-state index contributed by atoms with van der Waals surface area (Å²) in [5, 5.41) is 7.39. The number of likely N-dealkylation sites (tertiary alicyclic amines) is 1. The fourth-order valence-electron chi connectivity index (χ4n) is 4.07. The van der Waals surface area contributed by atoms with Crippen LogP contribution in [0.4, 0.5) is 0 Å². The van der Waals surface area contributed by atoms with Crippen molar-refractivity contribution in [2.45, 2.75) is 52.2 Å². The number of aryl methyl sites for hydroxylation is 1. The van der Waals surface area contributed by atoms with Crippen LogP contribution < -0.4 is 14.8 Å². The topological polar surface area (TPSA) is 68.6 Å². The van der Waals surface area contributed by atoms with Gasteiger partial charge in [0.05, 0.1) is 20.4 Å². The molecule has 7 heteroatoms. The molecule has 0 saturated carbocycles. The summed E-state index contributed by atoms with van der Waals surface area (Å²) in [7, 11) is 3.25. The van der Waals surface area contributed by atoms with E-state index in [1.807, 2.05) is 29.1 Å². The average Bonchev–Trinajstić information content (AvgIpc) is 3.23. The number of carbonyl (C=O) groups excluding carboxylic acids is 1. The van der Waals surface area contributed by atoms with Crippen LogP contribution in [0.25, 0.3) is 0 Å². The van der Waals surface area contributed by atoms with E-state index in [1.165, 1.54) is 18.4 Å². The molecule has 1 aromatic carbocycles. The first-order valence-electron chi connectivity index (χ1n) is 10.8. The van der Waals surface area contributed by atoms with E-state index in [0.717, 1.165) is 49.7 Å². The SMILES string of the molecule is CCn1cc(CN2CCC[C@H](CCC(=O)NCc3ccc(OC)cc3OC)C2)cn1. The van der Waals surface area contributed by atoms with E-state index in [1.54, 1.807) is 14.2 Å². The zero-order chi connectivity index (χ0) is 21.3. The molecular weight excluding hydrogens is 380 g/mol. The second-order valence-electron chi connectivity index (χ2n) is 7.94. The molecule has 0 unspecified atom stereocenters. The molecule has 1 saturated heterocycles. The second kappa shape index (κ2) is 11.0. The predicted molar refractivity (Wildman–Crippen MR) is 117 cm³/mol. The van der Waals surface area contributed by atoms with E-state index in [2.05, 4.69) is 28.4 Å². The molecular formula is C23H34N4O3. The maximum atomic E-state index is 12.4. The Morgan fingerprint density at radius 2 is 2.17 bits per heavy atom. The zero-order valence-electron chi connectivity index (χ0n) is 18.4. The van der Waals surface area contributed by atoms with Gasteiger partial charge >= 0.3 is 0 Å². The van der Waals surface area contributed by atoms with Gasteiger partial charge in [0, 0.05) is 56.0 Å². The number of hydrogen-bond acceptors (Lipinski definition) is 5. The molecule has 2 aromatic rings. The summed E-state index contributed by atoms with van der Waals surface area (Å²) >= 11 is 0. The molecule has 164 valence electrons. The molecule has 1 atom stereocenters. The van der Waals surface area contributed by atoms with Gasteiger partial charge in [-0.2, -0.15) is 5.10 Å². The molecule has 1 aliphatic heterocycles. The third-order valence-corrected chi connectivity index (χ3v) is 5.77. The molecule has 1 aliphatic rings. The van der Waals surface area contributed by atoms with Gasteiger partial charge in [-0.1, -0.05) is 0 Å². The monoisotopic (exact) mass is 414 g/mol. The number of carbonyl (C=O) groups is 1. The lowest BCUT2D eigenvalue weighted by Crippen LogP contribution is -2.35. The van der Waals surface area contributed by atoms with Crippen molar-refractivity contribution in [3.8, 4) is 11.5 Å². The molecule has 30 heavy (non-hydrogen) atoms. The quantitative estimate of drug-likeness (QED) is 0.646. The molecule has 2 heterocycles. The summed E-state index contributed by atoms with van der Waals surface area (Å²) in [5.41, 5.74) is 2.21. The van der Waals surface area contributed by atoms with Crippen LogP contribution in [-0.4, -0.2) is 47.9 Å². The van der Waals surface area contributed by atoms with Gasteiger partial charge in [0.1, 0.15) is 11.5 Å². The number of ether oxygens (including phenoxy) is 2. The number of benzene rings is 1. The smallest absolute Gasteiger partial charge is 0.220 e. The molecule has 3 rings (SSSR count). The van der Waals surface area contributed by atoms with E-state index < -0.39 is 0 Å². The molecule has 7 nitrogen and oxygen atoms in total. The van der Waals surface area contributed by atoms with Gasteiger partial charge in [0.15, 0.2) is 0 Å². The van der Waals surface area contributed by atoms with Crippen LogP contribution in [-0.2, 0) is 24.4 Å². The van der Waals surface area contributed by atoms with Crippen LogP contribution in [0.5, 0.6) is 11.5 Å². The normalized spacial score (nSPS) is 17.0. The summed E-state index contributed by atoms with van der Waals surface area (Å²) in [6.45, 7) is 6.59. The summed E-state index contributed by atoms with van der Waals surface area (Å²) < 4.78 is 12.6. The number of rotatable bonds is 10. The van der Waals surface area contributed by atoms with Crippen LogP contribution in [0.2, 0.25) is 0 Å². The molecule has 1 fully saturated rings. The number of hydrogen-bond donors (Lipinski definition) is 1. The zero-order valence-corrected chi connectivity index (χ0v) is 18.4. The Kier molecular flexibility index (Phi) is 8.13. The second-order valence-corrected chi connectivity index (χ2v) is 7.94. The number of aromatic nitrogens is 2. The molecule has 1 aromatic heterocycles. The Hall–Kier alpha value is -2.54. The molecule has 1 amide bonds. The predicted octanol–water partition coefficient (Wildman–Crippen LogP) is 3.23. The van der Waals surface area contributed by atoms with Gasteiger partial charge in [-0.15, -0.1) is 0 Å². The fourth-order valence-corrected chi connectivity index (χ4v) is 4.07. The van der Waals surface area contributed by atoms with Gasteiger partial charge in [-0.3, -0.25) is 14.4 Å². The number of methoxy groups -OCH3 is 2. The number of nitrogens with one attached hydrogen (secondary N) is 1. The van der Waals surface area contributed by atoms with Crippen molar-refractivity contribution in [1.29, 1.82) is 0 Å². The van der Waals surface area contributed by atoms with Gasteiger partial charge in [0.25, 0.3) is 0 Å². The summed E-state index contributed by atoms with van der Waals surface area (Å²) in [6, 6.07) is 5.64. The third kappa shape index (κ3) is 6.23. The highest BCUT2D eigenvalue weighted by Crippen LogP contribution is 2.25. The van der Waals surface area contributed by atoms with Crippen LogP contribution >= 0.6 is 0 Å². The van der Waals surface area contributed by atoms with Gasteiger partial charge in [-0.25, -0.2) is 0 Å². The molecule has 0 bridgehead atoms. The standard InChI is InChI=1S/C23H34N4O3/c1-4-27-17-19(13-25-27)16-26-11-5-6-18(15-26)7-10-23(28)24-14-20-8-9-21(29-2)12-22(20)30-3/h8-9,12-13,17-18H,4-7,10-11,14-16H2,1-3H3,(H,24,28)/t18-/m1/s1. The maximum absolute atomic E-state index is 12.4. The van der Waals surface area contributed by atoms with Crippen molar-refractivity contribution in [3.63, 3.8) is 0 Å². The molecule has 0 spiro atoms. The molecule has 0 radical (unpaired) electrons. The Balaban J connectivity index is 1.42. The Labute approximate surface area is 179 Å². The van der Waals surface area contributed by atoms with Crippen LogP contribution in [0.1, 0.15) is 43.7 Å². The lowest BCUT2D eigenvalue weighted by molar-refractivity contribution is -0.121. The Bertz CT molecular complexity index is 821. The highest BCUT2D eigenvalue weighted by atomic mass is 16.5. The van der Waals surface area contributed by atoms with Crippen molar-refractivity contribution in [1.82, 2.24) is 20.0 Å². The third-order valence-electron chi connectivity index (χ3n) is 5.77. The van der Waals surface area contributed by atoms with Crippen molar-refractivity contribution in [2.24, 2.45) is 5.92 Å². The van der Waals surface area contributed by atoms with E-state index >= 15 is 0 Å².